The molecule has 0 amide bonds. The second-order valence-corrected chi connectivity index (χ2v) is 6.62. The number of hydrogen-bond donors (Lipinski definition) is 5. The van der Waals surface area contributed by atoms with Crippen LogP contribution in [0.2, 0.25) is 0 Å². The molecule has 1 aromatic heterocycles. The summed E-state index contributed by atoms with van der Waals surface area (Å²) in [6.07, 6.45) is -4.18. The Kier molecular flexibility index (Phi) is 4.52. The summed E-state index contributed by atoms with van der Waals surface area (Å²) >= 11 is 0. The lowest BCUT2D eigenvalue weighted by molar-refractivity contribution is -0.232. The van der Waals surface area contributed by atoms with Crippen LogP contribution in [0.15, 0.2) is 54.7 Å². The van der Waals surface area contributed by atoms with Gasteiger partial charge < -0.3 is 30.1 Å². The zero-order valence-corrected chi connectivity index (χ0v) is 14.0. The highest BCUT2D eigenvalue weighted by atomic mass is 16.5. The molecule has 136 valence electrons. The summed E-state index contributed by atoms with van der Waals surface area (Å²) in [4.78, 5) is 3.07. The number of aromatic amines is 1. The Morgan fingerprint density at radius 2 is 1.65 bits per heavy atom. The molecule has 2 aromatic carbocycles. The molecule has 6 heteroatoms. The molecule has 2 heterocycles. The summed E-state index contributed by atoms with van der Waals surface area (Å²) < 4.78 is 5.68. The van der Waals surface area contributed by atoms with Crippen molar-refractivity contribution in [3.05, 3.63) is 60.4 Å². The zero-order chi connectivity index (χ0) is 18.3. The van der Waals surface area contributed by atoms with Gasteiger partial charge in [-0.3, -0.25) is 0 Å². The summed E-state index contributed by atoms with van der Waals surface area (Å²) in [5.41, 5.74) is 2.37. The summed E-state index contributed by atoms with van der Waals surface area (Å²) in [6.45, 7) is -0.451. The van der Waals surface area contributed by atoms with Crippen molar-refractivity contribution in [2.75, 3.05) is 6.61 Å². The molecule has 1 aliphatic rings. The van der Waals surface area contributed by atoms with Crippen LogP contribution in [0, 0.1) is 0 Å². The van der Waals surface area contributed by atoms with Gasteiger partial charge in [-0.2, -0.15) is 0 Å². The molecular weight excluding hydrogens is 334 g/mol. The maximum absolute atomic E-state index is 10.4. The first kappa shape index (κ1) is 17.2. The molecule has 0 radical (unpaired) electrons. The highest BCUT2D eigenvalue weighted by Gasteiger charge is 2.45. The summed E-state index contributed by atoms with van der Waals surface area (Å²) in [5.74, 6) is 0. The van der Waals surface area contributed by atoms with E-state index in [1.165, 1.54) is 0 Å². The Morgan fingerprint density at radius 3 is 2.42 bits per heavy atom. The molecule has 0 bridgehead atoms. The lowest BCUT2D eigenvalue weighted by Crippen LogP contribution is -2.55. The van der Waals surface area contributed by atoms with Crippen LogP contribution in [-0.2, 0) is 4.74 Å². The molecule has 1 aliphatic heterocycles. The van der Waals surface area contributed by atoms with E-state index in [2.05, 4.69) is 4.98 Å². The van der Waals surface area contributed by atoms with Gasteiger partial charge in [-0.1, -0.05) is 36.4 Å². The number of aliphatic hydroxyl groups is 4. The van der Waals surface area contributed by atoms with Crippen molar-refractivity contribution in [2.45, 2.75) is 30.5 Å². The second kappa shape index (κ2) is 6.83. The summed E-state index contributed by atoms with van der Waals surface area (Å²) in [5, 5.41) is 42.0. The van der Waals surface area contributed by atoms with Crippen LogP contribution in [0.5, 0.6) is 0 Å². The van der Waals surface area contributed by atoms with Gasteiger partial charge in [0.15, 0.2) is 0 Å². The minimum atomic E-state index is -1.40. The third-order valence-electron chi connectivity index (χ3n) is 5.02. The second-order valence-electron chi connectivity index (χ2n) is 6.62. The monoisotopic (exact) mass is 355 g/mol. The smallest absolute Gasteiger partial charge is 0.127 e. The average molecular weight is 355 g/mol. The summed E-state index contributed by atoms with van der Waals surface area (Å²) in [7, 11) is 0. The van der Waals surface area contributed by atoms with Gasteiger partial charge in [0.2, 0.25) is 0 Å². The molecule has 0 aliphatic carbocycles. The van der Waals surface area contributed by atoms with Gasteiger partial charge >= 0.3 is 0 Å². The number of nitrogens with one attached hydrogen (secondary N) is 1. The number of benzene rings is 2. The van der Waals surface area contributed by atoms with Gasteiger partial charge in [-0.05, 0) is 28.5 Å². The fraction of sp³-hybridized carbons (Fsp3) is 0.300. The topological polar surface area (TPSA) is 106 Å². The molecule has 4 rings (SSSR count). The Balaban J connectivity index is 1.74. The predicted octanol–water partition coefficient (Wildman–Crippen LogP) is 1.35. The number of rotatable bonds is 3. The van der Waals surface area contributed by atoms with E-state index >= 15 is 0 Å². The van der Waals surface area contributed by atoms with Crippen LogP contribution < -0.4 is 0 Å². The normalized spacial score (nSPS) is 29.2. The van der Waals surface area contributed by atoms with Crippen molar-refractivity contribution >= 4 is 10.8 Å². The third kappa shape index (κ3) is 2.82. The van der Waals surface area contributed by atoms with Crippen LogP contribution in [-0.4, -0.2) is 56.4 Å². The molecule has 6 nitrogen and oxygen atoms in total. The Bertz CT molecular complexity index is 906. The Hall–Kier alpha value is -2.22. The highest BCUT2D eigenvalue weighted by molar-refractivity contribution is 5.87. The Labute approximate surface area is 150 Å². The van der Waals surface area contributed by atoms with E-state index in [0.29, 0.717) is 5.69 Å². The van der Waals surface area contributed by atoms with E-state index < -0.39 is 37.1 Å². The number of fused-ring (bicyclic) bond motifs is 1. The SMILES string of the molecule is OC[C@H]1O[C@@H](c2[nH]ccc2-c2ccc3ccccc3c2)[C@H](O)[C@@H](O)[C@@H]1O. The van der Waals surface area contributed by atoms with E-state index in [0.717, 1.165) is 21.9 Å². The first-order valence-electron chi connectivity index (χ1n) is 8.57. The molecule has 1 fully saturated rings. The van der Waals surface area contributed by atoms with Gasteiger partial charge in [0.05, 0.1) is 12.3 Å². The summed E-state index contributed by atoms with van der Waals surface area (Å²) in [6, 6.07) is 16.0. The standard InChI is InChI=1S/C20H21NO5/c22-10-15-17(23)18(24)19(25)20(26-15)16-14(7-8-21-16)13-6-5-11-3-1-2-4-12(11)9-13/h1-9,15,17-25H,10H2/t15-,17-,18+,19-,20+/m1/s1. The van der Waals surface area contributed by atoms with Gasteiger partial charge in [0.25, 0.3) is 0 Å². The van der Waals surface area contributed by atoms with Crippen molar-refractivity contribution in [3.63, 3.8) is 0 Å². The van der Waals surface area contributed by atoms with Crippen molar-refractivity contribution in [1.82, 2.24) is 4.98 Å². The Morgan fingerprint density at radius 1 is 0.885 bits per heavy atom. The number of aromatic nitrogens is 1. The van der Waals surface area contributed by atoms with E-state index in [1.54, 1.807) is 6.20 Å². The lowest BCUT2D eigenvalue weighted by atomic mass is 9.91. The number of hydrogen-bond acceptors (Lipinski definition) is 5. The number of aliphatic hydroxyl groups excluding tert-OH is 4. The van der Waals surface area contributed by atoms with Crippen LogP contribution in [0.4, 0.5) is 0 Å². The largest absolute Gasteiger partial charge is 0.394 e. The van der Waals surface area contributed by atoms with Crippen LogP contribution >= 0.6 is 0 Å². The molecular formula is C20H21NO5. The van der Waals surface area contributed by atoms with Gasteiger partial charge in [-0.15, -0.1) is 0 Å². The zero-order valence-electron chi connectivity index (χ0n) is 14.0. The molecule has 1 saturated heterocycles. The number of ether oxygens (including phenoxy) is 1. The molecule has 3 aromatic rings. The highest BCUT2D eigenvalue weighted by Crippen LogP contribution is 2.37. The first-order chi connectivity index (χ1) is 12.6. The third-order valence-corrected chi connectivity index (χ3v) is 5.02. The van der Waals surface area contributed by atoms with Gasteiger partial charge in [0, 0.05) is 11.8 Å². The minimum Gasteiger partial charge on any atom is -0.394 e. The van der Waals surface area contributed by atoms with Crippen molar-refractivity contribution in [3.8, 4) is 11.1 Å². The maximum atomic E-state index is 10.4. The van der Waals surface area contributed by atoms with E-state index in [9.17, 15) is 20.4 Å². The van der Waals surface area contributed by atoms with Crippen LogP contribution in [0.25, 0.3) is 21.9 Å². The fourth-order valence-corrected chi connectivity index (χ4v) is 3.57. The van der Waals surface area contributed by atoms with E-state index in [4.69, 9.17) is 4.74 Å². The quantitative estimate of drug-likeness (QED) is 0.488. The molecule has 0 spiro atoms. The molecule has 26 heavy (non-hydrogen) atoms. The van der Waals surface area contributed by atoms with E-state index in [-0.39, 0.29) is 0 Å². The number of H-pyrrole nitrogens is 1. The van der Waals surface area contributed by atoms with Crippen molar-refractivity contribution < 1.29 is 25.2 Å². The fourth-order valence-electron chi connectivity index (χ4n) is 3.57. The predicted molar refractivity (Wildman–Crippen MR) is 96.5 cm³/mol. The maximum Gasteiger partial charge on any atom is 0.127 e. The van der Waals surface area contributed by atoms with Crippen molar-refractivity contribution in [1.29, 1.82) is 0 Å². The average Bonchev–Trinajstić information content (AvgIpc) is 3.15. The first-order valence-corrected chi connectivity index (χ1v) is 8.57. The molecule has 0 saturated carbocycles. The minimum absolute atomic E-state index is 0.451. The molecule has 5 N–H and O–H groups in total. The van der Waals surface area contributed by atoms with Crippen LogP contribution in [0.3, 0.4) is 0 Å². The molecule has 5 atom stereocenters. The van der Waals surface area contributed by atoms with Crippen molar-refractivity contribution in [2.24, 2.45) is 0 Å². The van der Waals surface area contributed by atoms with Gasteiger partial charge in [0.1, 0.15) is 30.5 Å². The van der Waals surface area contributed by atoms with E-state index in [1.807, 2.05) is 48.5 Å². The lowest BCUT2D eigenvalue weighted by Gasteiger charge is -2.40. The molecule has 0 unspecified atom stereocenters. The van der Waals surface area contributed by atoms with Gasteiger partial charge in [-0.25, -0.2) is 0 Å². The van der Waals surface area contributed by atoms with Crippen LogP contribution in [0.1, 0.15) is 11.8 Å².